The number of piperidine rings is 1. The third-order valence-electron chi connectivity index (χ3n) is 5.05. The lowest BCUT2D eigenvalue weighted by molar-refractivity contribution is 0.252. The molecule has 0 bridgehead atoms. The molecular formula is C17H27N3O. The number of hydrogen-bond acceptors (Lipinski definition) is 4. The molecular weight excluding hydrogens is 262 g/mol. The number of methoxy groups -OCH3 is 1. The van der Waals surface area contributed by atoms with E-state index < -0.39 is 0 Å². The highest BCUT2D eigenvalue weighted by Gasteiger charge is 2.25. The van der Waals surface area contributed by atoms with Crippen LogP contribution < -0.4 is 15.0 Å². The van der Waals surface area contributed by atoms with E-state index in [9.17, 15) is 0 Å². The highest BCUT2D eigenvalue weighted by Crippen LogP contribution is 2.34. The van der Waals surface area contributed by atoms with Crippen molar-refractivity contribution in [3.8, 4) is 5.75 Å². The van der Waals surface area contributed by atoms with Crippen molar-refractivity contribution in [3.63, 3.8) is 0 Å². The molecule has 1 N–H and O–H groups in total. The highest BCUT2D eigenvalue weighted by atomic mass is 16.5. The van der Waals surface area contributed by atoms with E-state index in [2.05, 4.69) is 41.3 Å². The molecule has 0 aromatic heterocycles. The summed E-state index contributed by atoms with van der Waals surface area (Å²) in [5.41, 5.74) is 4.21. The molecule has 1 aromatic rings. The zero-order valence-electron chi connectivity index (χ0n) is 13.5. The van der Waals surface area contributed by atoms with Gasteiger partial charge < -0.3 is 19.9 Å². The molecule has 0 amide bonds. The molecule has 0 saturated carbocycles. The van der Waals surface area contributed by atoms with Gasteiger partial charge in [-0.05, 0) is 63.6 Å². The summed E-state index contributed by atoms with van der Waals surface area (Å²) >= 11 is 0. The second kappa shape index (κ2) is 6.24. The molecule has 21 heavy (non-hydrogen) atoms. The van der Waals surface area contributed by atoms with Crippen molar-refractivity contribution in [2.45, 2.75) is 31.8 Å². The van der Waals surface area contributed by atoms with Gasteiger partial charge in [0.1, 0.15) is 5.75 Å². The van der Waals surface area contributed by atoms with E-state index in [4.69, 9.17) is 4.74 Å². The Kier molecular flexibility index (Phi) is 4.36. The lowest BCUT2D eigenvalue weighted by Crippen LogP contribution is -2.42. The lowest BCUT2D eigenvalue weighted by Gasteiger charge is -2.38. The average molecular weight is 289 g/mol. The van der Waals surface area contributed by atoms with Crippen molar-refractivity contribution < 1.29 is 4.74 Å². The van der Waals surface area contributed by atoms with Crippen LogP contribution in [0.1, 0.15) is 24.0 Å². The van der Waals surface area contributed by atoms with Crippen molar-refractivity contribution in [1.29, 1.82) is 0 Å². The Hall–Kier alpha value is -1.26. The van der Waals surface area contributed by atoms with E-state index in [1.807, 2.05) is 0 Å². The molecule has 1 saturated heterocycles. The van der Waals surface area contributed by atoms with Crippen LogP contribution in [0, 0.1) is 0 Å². The monoisotopic (exact) mass is 289 g/mol. The molecule has 116 valence electrons. The molecule has 0 radical (unpaired) electrons. The van der Waals surface area contributed by atoms with Crippen molar-refractivity contribution in [2.75, 3.05) is 45.7 Å². The summed E-state index contributed by atoms with van der Waals surface area (Å²) < 4.78 is 5.55. The third-order valence-corrected chi connectivity index (χ3v) is 5.05. The number of ether oxygens (including phenoxy) is 1. The van der Waals surface area contributed by atoms with Crippen LogP contribution in [0.25, 0.3) is 0 Å². The molecule has 0 aliphatic carbocycles. The molecule has 2 aliphatic rings. The van der Waals surface area contributed by atoms with Crippen molar-refractivity contribution in [2.24, 2.45) is 0 Å². The van der Waals surface area contributed by atoms with Crippen LogP contribution in [0.2, 0.25) is 0 Å². The minimum atomic E-state index is 0.653. The van der Waals surface area contributed by atoms with E-state index in [0.29, 0.717) is 6.04 Å². The van der Waals surface area contributed by atoms with Gasteiger partial charge in [-0.25, -0.2) is 0 Å². The van der Waals surface area contributed by atoms with E-state index >= 15 is 0 Å². The number of rotatable bonds is 3. The molecule has 2 aliphatic heterocycles. The molecule has 4 heteroatoms. The quantitative estimate of drug-likeness (QED) is 0.919. The van der Waals surface area contributed by atoms with E-state index in [0.717, 1.165) is 25.3 Å². The van der Waals surface area contributed by atoms with Crippen LogP contribution in [0.3, 0.4) is 0 Å². The van der Waals surface area contributed by atoms with Crippen molar-refractivity contribution >= 4 is 5.69 Å². The van der Waals surface area contributed by atoms with Crippen LogP contribution in [-0.4, -0.2) is 51.8 Å². The SMILES string of the molecule is COc1ccc(N(C)C2CCN(C)CC2)c2c1CCNC2. The number of nitrogens with one attached hydrogen (secondary N) is 1. The van der Waals surface area contributed by atoms with Crippen molar-refractivity contribution in [3.05, 3.63) is 23.3 Å². The summed E-state index contributed by atoms with van der Waals surface area (Å²) in [7, 11) is 6.25. The van der Waals surface area contributed by atoms with Gasteiger partial charge in [0.25, 0.3) is 0 Å². The standard InChI is InChI=1S/C17H27N3O/c1-19-10-7-13(8-11-19)20(2)16-4-5-17(21-3)14-6-9-18-12-15(14)16/h4-5,13,18H,6-12H2,1-3H3. The molecule has 4 nitrogen and oxygen atoms in total. The normalized spacial score (nSPS) is 20.1. The first-order valence-corrected chi connectivity index (χ1v) is 8.01. The summed E-state index contributed by atoms with van der Waals surface area (Å²) in [6.45, 7) is 4.40. The highest BCUT2D eigenvalue weighted by molar-refractivity contribution is 5.62. The van der Waals surface area contributed by atoms with Gasteiger partial charge in [-0.1, -0.05) is 0 Å². The largest absolute Gasteiger partial charge is 0.496 e. The Labute approximate surface area is 128 Å². The summed E-state index contributed by atoms with van der Waals surface area (Å²) in [5.74, 6) is 1.05. The Bertz CT molecular complexity index is 495. The second-order valence-electron chi connectivity index (χ2n) is 6.32. The minimum Gasteiger partial charge on any atom is -0.496 e. The number of fused-ring (bicyclic) bond motifs is 1. The first-order valence-electron chi connectivity index (χ1n) is 8.01. The molecule has 0 spiro atoms. The van der Waals surface area contributed by atoms with Crippen LogP contribution >= 0.6 is 0 Å². The Morgan fingerprint density at radius 1 is 1.24 bits per heavy atom. The molecule has 0 unspecified atom stereocenters. The molecule has 1 aromatic carbocycles. The first kappa shape index (κ1) is 14.7. The topological polar surface area (TPSA) is 27.7 Å². The first-order chi connectivity index (χ1) is 10.2. The Morgan fingerprint density at radius 3 is 2.71 bits per heavy atom. The summed E-state index contributed by atoms with van der Waals surface area (Å²) in [6, 6.07) is 5.04. The number of hydrogen-bond donors (Lipinski definition) is 1. The van der Waals surface area contributed by atoms with Crippen molar-refractivity contribution in [1.82, 2.24) is 10.2 Å². The number of likely N-dealkylation sites (tertiary alicyclic amines) is 1. The number of benzene rings is 1. The van der Waals surface area contributed by atoms with Gasteiger partial charge in [-0.3, -0.25) is 0 Å². The Balaban J connectivity index is 1.87. The Morgan fingerprint density at radius 2 is 2.00 bits per heavy atom. The summed E-state index contributed by atoms with van der Waals surface area (Å²) in [4.78, 5) is 4.92. The molecule has 3 rings (SSSR count). The average Bonchev–Trinajstić information content (AvgIpc) is 2.54. The van der Waals surface area contributed by atoms with Gasteiger partial charge in [0, 0.05) is 30.9 Å². The zero-order valence-corrected chi connectivity index (χ0v) is 13.5. The number of anilines is 1. The maximum Gasteiger partial charge on any atom is 0.122 e. The third kappa shape index (κ3) is 2.87. The predicted octanol–water partition coefficient (Wildman–Crippen LogP) is 1.87. The van der Waals surface area contributed by atoms with Crippen LogP contribution in [-0.2, 0) is 13.0 Å². The lowest BCUT2D eigenvalue weighted by atomic mass is 9.95. The van der Waals surface area contributed by atoms with Gasteiger partial charge in [0.05, 0.1) is 7.11 Å². The predicted molar refractivity (Wildman–Crippen MR) is 87.3 cm³/mol. The van der Waals surface area contributed by atoms with E-state index in [1.54, 1.807) is 7.11 Å². The summed E-state index contributed by atoms with van der Waals surface area (Å²) in [6.07, 6.45) is 3.57. The van der Waals surface area contributed by atoms with Gasteiger partial charge in [-0.2, -0.15) is 0 Å². The summed E-state index contributed by atoms with van der Waals surface area (Å²) in [5, 5.41) is 3.51. The van der Waals surface area contributed by atoms with E-state index in [-0.39, 0.29) is 0 Å². The van der Waals surface area contributed by atoms with Crippen LogP contribution in [0.15, 0.2) is 12.1 Å². The minimum absolute atomic E-state index is 0.653. The van der Waals surface area contributed by atoms with Crippen LogP contribution in [0.5, 0.6) is 5.75 Å². The molecule has 1 fully saturated rings. The van der Waals surface area contributed by atoms with Crippen LogP contribution in [0.4, 0.5) is 5.69 Å². The zero-order chi connectivity index (χ0) is 14.8. The van der Waals surface area contributed by atoms with Gasteiger partial charge >= 0.3 is 0 Å². The maximum absolute atomic E-state index is 5.55. The van der Waals surface area contributed by atoms with Gasteiger partial charge in [0.15, 0.2) is 0 Å². The molecule has 0 atom stereocenters. The molecule has 2 heterocycles. The maximum atomic E-state index is 5.55. The smallest absolute Gasteiger partial charge is 0.122 e. The second-order valence-corrected chi connectivity index (χ2v) is 6.32. The number of nitrogens with zero attached hydrogens (tertiary/aromatic N) is 2. The fourth-order valence-electron chi connectivity index (χ4n) is 3.66. The van der Waals surface area contributed by atoms with Gasteiger partial charge in [0.2, 0.25) is 0 Å². The van der Waals surface area contributed by atoms with E-state index in [1.165, 1.54) is 42.7 Å². The fourth-order valence-corrected chi connectivity index (χ4v) is 3.66. The van der Waals surface area contributed by atoms with Gasteiger partial charge in [-0.15, -0.1) is 0 Å². The fraction of sp³-hybridized carbons (Fsp3) is 0.647.